The average Bonchev–Trinajstić information content (AvgIpc) is 2.60. The Morgan fingerprint density at radius 1 is 1.17 bits per heavy atom. The van der Waals surface area contributed by atoms with Gasteiger partial charge in [-0.05, 0) is 42.1 Å². The fourth-order valence-corrected chi connectivity index (χ4v) is 2.31. The van der Waals surface area contributed by atoms with Crippen LogP contribution in [0.5, 0.6) is 17.4 Å². The first-order chi connectivity index (χ1) is 11.7. The minimum absolute atomic E-state index is 0.123. The normalized spacial score (nSPS) is 10.5. The summed E-state index contributed by atoms with van der Waals surface area (Å²) in [6.45, 7) is 2.75. The number of benzene rings is 2. The van der Waals surface area contributed by atoms with E-state index >= 15 is 0 Å². The zero-order chi connectivity index (χ0) is 16.9. The van der Waals surface area contributed by atoms with Gasteiger partial charge in [0.05, 0.1) is 12.2 Å². The third-order valence-corrected chi connectivity index (χ3v) is 3.48. The Hall–Kier alpha value is -3.08. The lowest BCUT2D eigenvalue weighted by Gasteiger charge is -2.10. The predicted octanol–water partition coefficient (Wildman–Crippen LogP) is 4.51. The van der Waals surface area contributed by atoms with E-state index in [2.05, 4.69) is 11.9 Å². The van der Waals surface area contributed by atoms with E-state index in [1.165, 1.54) is 12.3 Å². The van der Waals surface area contributed by atoms with Crippen LogP contribution in [0.4, 0.5) is 0 Å². The lowest BCUT2D eigenvalue weighted by atomic mass is 10.1. The fourth-order valence-electron chi connectivity index (χ4n) is 2.31. The zero-order valence-corrected chi connectivity index (χ0v) is 13.2. The molecule has 0 unspecified atom stereocenters. The van der Waals surface area contributed by atoms with Crippen LogP contribution in [-0.2, 0) is 0 Å². The number of ether oxygens (including phenoxy) is 2. The maximum absolute atomic E-state index is 10.9. The first-order valence-electron chi connectivity index (χ1n) is 7.70. The molecule has 0 aliphatic carbocycles. The molecule has 5 nitrogen and oxygen atoms in total. The van der Waals surface area contributed by atoms with Crippen molar-refractivity contribution in [3.8, 4) is 17.4 Å². The molecule has 0 amide bonds. The lowest BCUT2D eigenvalue weighted by molar-refractivity contribution is 0.0696. The molecular weight excluding hydrogens is 306 g/mol. The summed E-state index contributed by atoms with van der Waals surface area (Å²) in [6, 6.07) is 14.6. The Morgan fingerprint density at radius 3 is 2.75 bits per heavy atom. The molecule has 0 spiro atoms. The highest BCUT2D eigenvalue weighted by atomic mass is 16.5. The molecule has 1 aromatic heterocycles. The van der Waals surface area contributed by atoms with Gasteiger partial charge in [0.25, 0.3) is 0 Å². The van der Waals surface area contributed by atoms with Gasteiger partial charge in [-0.3, -0.25) is 0 Å². The van der Waals surface area contributed by atoms with E-state index in [9.17, 15) is 4.79 Å². The van der Waals surface area contributed by atoms with Crippen LogP contribution in [0.2, 0.25) is 0 Å². The van der Waals surface area contributed by atoms with Crippen LogP contribution in [-0.4, -0.2) is 22.7 Å². The van der Waals surface area contributed by atoms with Crippen molar-refractivity contribution in [3.63, 3.8) is 0 Å². The number of aromatic carboxylic acids is 1. The molecule has 0 aliphatic heterocycles. The van der Waals surface area contributed by atoms with Crippen LogP contribution in [0.15, 0.2) is 54.7 Å². The highest BCUT2D eigenvalue weighted by Gasteiger charge is 2.07. The SMILES string of the molecule is CCCOc1ccc2c(Oc3ccc(C(=O)O)cn3)cccc2c1. The Kier molecular flexibility index (Phi) is 4.61. The van der Waals surface area contributed by atoms with Crippen LogP contribution in [0.3, 0.4) is 0 Å². The van der Waals surface area contributed by atoms with Crippen LogP contribution in [0.1, 0.15) is 23.7 Å². The molecule has 0 saturated carbocycles. The Bertz CT molecular complexity index is 859. The second-order valence-electron chi connectivity index (χ2n) is 5.28. The fraction of sp³-hybridized carbons (Fsp3) is 0.158. The molecule has 3 aromatic rings. The molecular formula is C19H17NO4. The number of hydrogen-bond donors (Lipinski definition) is 1. The number of fused-ring (bicyclic) bond motifs is 1. The van der Waals surface area contributed by atoms with Crippen LogP contribution >= 0.6 is 0 Å². The monoisotopic (exact) mass is 323 g/mol. The third-order valence-electron chi connectivity index (χ3n) is 3.48. The Morgan fingerprint density at radius 2 is 2.04 bits per heavy atom. The van der Waals surface area contributed by atoms with Crippen molar-refractivity contribution in [1.82, 2.24) is 4.98 Å². The zero-order valence-electron chi connectivity index (χ0n) is 13.2. The van der Waals surface area contributed by atoms with Crippen molar-refractivity contribution in [3.05, 3.63) is 60.3 Å². The van der Waals surface area contributed by atoms with Gasteiger partial charge in [-0.2, -0.15) is 0 Å². The van der Waals surface area contributed by atoms with Crippen LogP contribution in [0.25, 0.3) is 10.8 Å². The first-order valence-corrected chi connectivity index (χ1v) is 7.70. The molecule has 0 atom stereocenters. The highest BCUT2D eigenvalue weighted by molar-refractivity contribution is 5.89. The lowest BCUT2D eigenvalue weighted by Crippen LogP contribution is -1.97. The maximum atomic E-state index is 10.9. The number of carboxylic acid groups (broad SMARTS) is 1. The van der Waals surface area contributed by atoms with E-state index in [0.29, 0.717) is 18.2 Å². The predicted molar refractivity (Wildman–Crippen MR) is 91.0 cm³/mol. The summed E-state index contributed by atoms with van der Waals surface area (Å²) >= 11 is 0. The van der Waals surface area contributed by atoms with E-state index in [1.54, 1.807) is 6.07 Å². The summed E-state index contributed by atoms with van der Waals surface area (Å²) in [5.74, 6) is 0.813. The van der Waals surface area contributed by atoms with E-state index in [1.807, 2.05) is 36.4 Å². The van der Waals surface area contributed by atoms with Crippen LogP contribution in [0, 0.1) is 0 Å². The minimum atomic E-state index is -1.01. The molecule has 24 heavy (non-hydrogen) atoms. The summed E-state index contributed by atoms with van der Waals surface area (Å²) in [6.07, 6.45) is 2.23. The van der Waals surface area contributed by atoms with Gasteiger partial charge in [0, 0.05) is 17.6 Å². The minimum Gasteiger partial charge on any atom is -0.494 e. The van der Waals surface area contributed by atoms with Gasteiger partial charge in [-0.15, -0.1) is 0 Å². The van der Waals surface area contributed by atoms with Crippen molar-refractivity contribution in [2.24, 2.45) is 0 Å². The molecule has 3 rings (SSSR count). The van der Waals surface area contributed by atoms with Crippen LogP contribution < -0.4 is 9.47 Å². The standard InChI is InChI=1S/C19H17NO4/c1-2-10-23-15-7-8-16-13(11-15)4-3-5-17(16)24-18-9-6-14(12-20-18)19(21)22/h3-9,11-12H,2,10H2,1H3,(H,21,22). The van der Waals surface area contributed by atoms with Crippen molar-refractivity contribution in [2.45, 2.75) is 13.3 Å². The van der Waals surface area contributed by atoms with Gasteiger partial charge < -0.3 is 14.6 Å². The largest absolute Gasteiger partial charge is 0.494 e. The number of carboxylic acids is 1. The van der Waals surface area contributed by atoms with E-state index in [0.717, 1.165) is 22.9 Å². The molecule has 0 fully saturated rings. The topological polar surface area (TPSA) is 68.7 Å². The summed E-state index contributed by atoms with van der Waals surface area (Å²) in [4.78, 5) is 14.9. The molecule has 5 heteroatoms. The van der Waals surface area contributed by atoms with Crippen molar-refractivity contribution < 1.29 is 19.4 Å². The quantitative estimate of drug-likeness (QED) is 0.722. The highest BCUT2D eigenvalue weighted by Crippen LogP contribution is 2.31. The van der Waals surface area contributed by atoms with E-state index < -0.39 is 5.97 Å². The van der Waals surface area contributed by atoms with Crippen molar-refractivity contribution in [2.75, 3.05) is 6.61 Å². The second-order valence-corrected chi connectivity index (χ2v) is 5.28. The van der Waals surface area contributed by atoms with Gasteiger partial charge >= 0.3 is 5.97 Å². The van der Waals surface area contributed by atoms with Gasteiger partial charge in [0.2, 0.25) is 5.88 Å². The smallest absolute Gasteiger partial charge is 0.337 e. The molecule has 2 aromatic carbocycles. The molecule has 122 valence electrons. The number of nitrogens with zero attached hydrogens (tertiary/aromatic N) is 1. The Labute approximate surface area is 139 Å². The second kappa shape index (κ2) is 7.00. The number of pyridine rings is 1. The first kappa shape index (κ1) is 15.8. The van der Waals surface area contributed by atoms with E-state index in [4.69, 9.17) is 14.6 Å². The van der Waals surface area contributed by atoms with Gasteiger partial charge in [-0.1, -0.05) is 19.1 Å². The van der Waals surface area contributed by atoms with Crippen molar-refractivity contribution in [1.29, 1.82) is 0 Å². The third kappa shape index (κ3) is 3.46. The maximum Gasteiger partial charge on any atom is 0.337 e. The molecule has 1 heterocycles. The summed E-state index contributed by atoms with van der Waals surface area (Å²) < 4.78 is 11.5. The summed E-state index contributed by atoms with van der Waals surface area (Å²) in [5, 5.41) is 10.8. The summed E-state index contributed by atoms with van der Waals surface area (Å²) in [5.41, 5.74) is 0.123. The molecule has 0 radical (unpaired) electrons. The number of rotatable bonds is 6. The van der Waals surface area contributed by atoms with Gasteiger partial charge in [-0.25, -0.2) is 9.78 Å². The molecule has 1 N–H and O–H groups in total. The molecule has 0 aliphatic rings. The average molecular weight is 323 g/mol. The number of hydrogen-bond acceptors (Lipinski definition) is 4. The Balaban J connectivity index is 1.87. The molecule has 0 bridgehead atoms. The van der Waals surface area contributed by atoms with Crippen molar-refractivity contribution >= 4 is 16.7 Å². The molecule has 0 saturated heterocycles. The van der Waals surface area contributed by atoms with Gasteiger partial charge in [0.1, 0.15) is 11.5 Å². The number of carbonyl (C=O) groups is 1. The summed E-state index contributed by atoms with van der Waals surface area (Å²) in [7, 11) is 0. The van der Waals surface area contributed by atoms with Gasteiger partial charge in [0.15, 0.2) is 0 Å². The van der Waals surface area contributed by atoms with E-state index in [-0.39, 0.29) is 5.56 Å². The number of aromatic nitrogens is 1.